The van der Waals surface area contributed by atoms with Crippen LogP contribution in [0.1, 0.15) is 12.5 Å². The van der Waals surface area contributed by atoms with E-state index in [1.165, 1.54) is 3.57 Å². The quantitative estimate of drug-likeness (QED) is 0.129. The summed E-state index contributed by atoms with van der Waals surface area (Å²) >= 11 is 8.97. The molecule has 0 saturated heterocycles. The highest BCUT2D eigenvalue weighted by molar-refractivity contribution is 14.1. The molecule has 4 heteroatoms. The molecule has 0 aromatic heterocycles. The Labute approximate surface area is 184 Å². The standard InChI is InChI=1S/C9H7Br.C6H4BrI.C6H11Si/c1-2-3-8-4-6-9(10)7-5-8;7-5-1-3-6(8)4-2-5;1-5-6-7(2,3)4/h4-7H,1H3;1-4H;1H2,2-4H3/q;;+1. The first-order chi connectivity index (χ1) is 11.7. The fourth-order valence-electron chi connectivity index (χ4n) is 1.37. The van der Waals surface area contributed by atoms with Gasteiger partial charge < -0.3 is 0 Å². The average molecular weight is 589 g/mol. The molecule has 0 heterocycles. The largest absolute Gasteiger partial charge is 0.253 e. The number of halogens is 3. The second-order valence-electron chi connectivity index (χ2n) is 5.87. The average Bonchev–Trinajstić information content (AvgIpc) is 2.53. The van der Waals surface area contributed by atoms with E-state index in [0.29, 0.717) is 0 Å². The van der Waals surface area contributed by atoms with E-state index in [1.807, 2.05) is 43.3 Å². The highest BCUT2D eigenvalue weighted by Gasteiger charge is 2.16. The summed E-state index contributed by atoms with van der Waals surface area (Å²) in [4.78, 5) is 0. The zero-order chi connectivity index (χ0) is 19.3. The SMILES string of the molecule is Brc1ccc(I)cc1.CC#Cc1ccc(Br)cc1.[CH2+]C#C[Si](C)(C)C. The van der Waals surface area contributed by atoms with Gasteiger partial charge >= 0.3 is 0 Å². The first kappa shape index (κ1) is 24.3. The Bertz CT molecular complexity index is 716. The van der Waals surface area contributed by atoms with E-state index in [1.54, 1.807) is 0 Å². The fraction of sp³-hybridized carbons (Fsp3) is 0.190. The Morgan fingerprint density at radius 3 is 1.60 bits per heavy atom. The van der Waals surface area contributed by atoms with E-state index in [4.69, 9.17) is 0 Å². The fourth-order valence-corrected chi connectivity index (χ4v) is 2.79. The van der Waals surface area contributed by atoms with Gasteiger partial charge in [-0.15, -0.1) is 5.92 Å². The molecule has 2 aromatic rings. The van der Waals surface area contributed by atoms with Crippen LogP contribution in [0.5, 0.6) is 0 Å². The van der Waals surface area contributed by atoms with Crippen LogP contribution in [-0.2, 0) is 0 Å². The van der Waals surface area contributed by atoms with E-state index >= 15 is 0 Å². The molecule has 25 heavy (non-hydrogen) atoms. The highest BCUT2D eigenvalue weighted by Crippen LogP contribution is 2.11. The lowest BCUT2D eigenvalue weighted by molar-refractivity contribution is 1.60. The summed E-state index contributed by atoms with van der Waals surface area (Å²) in [5, 5.41) is 0. The minimum Gasteiger partial charge on any atom is -0.101 e. The van der Waals surface area contributed by atoms with Gasteiger partial charge in [0.1, 0.15) is 5.92 Å². The number of benzene rings is 2. The summed E-state index contributed by atoms with van der Waals surface area (Å²) < 4.78 is 3.50. The van der Waals surface area contributed by atoms with E-state index in [2.05, 4.69) is 116 Å². The predicted octanol–water partition coefficient (Wildman–Crippen LogP) is 7.58. The Morgan fingerprint density at radius 2 is 1.32 bits per heavy atom. The third-order valence-electron chi connectivity index (χ3n) is 2.38. The van der Waals surface area contributed by atoms with E-state index in [-0.39, 0.29) is 0 Å². The van der Waals surface area contributed by atoms with E-state index in [0.717, 1.165) is 14.5 Å². The van der Waals surface area contributed by atoms with Crippen LogP contribution in [0.4, 0.5) is 0 Å². The molecule has 0 nitrogen and oxygen atoms in total. The molecular formula is C21H22Br2ISi+. The number of hydrogen-bond acceptors (Lipinski definition) is 0. The molecule has 130 valence electrons. The zero-order valence-corrected chi connectivity index (χ0v) is 21.3. The molecule has 0 unspecified atom stereocenters. The van der Waals surface area contributed by atoms with Gasteiger partial charge in [0, 0.05) is 18.1 Å². The molecule has 0 spiro atoms. The minimum atomic E-state index is -1.08. The summed E-state index contributed by atoms with van der Waals surface area (Å²) in [6, 6.07) is 16.1. The third kappa shape index (κ3) is 15.3. The zero-order valence-electron chi connectivity index (χ0n) is 15.0. The molecule has 0 aliphatic heterocycles. The van der Waals surface area contributed by atoms with Gasteiger partial charge in [-0.2, -0.15) is 0 Å². The lowest BCUT2D eigenvalue weighted by atomic mass is 10.2. The van der Waals surface area contributed by atoms with Gasteiger partial charge in [0.2, 0.25) is 0 Å². The van der Waals surface area contributed by atoms with Crippen molar-refractivity contribution in [3.05, 3.63) is 73.5 Å². The second kappa shape index (κ2) is 13.5. The van der Waals surface area contributed by atoms with Crippen LogP contribution in [0.25, 0.3) is 0 Å². The monoisotopic (exact) mass is 587 g/mol. The molecule has 0 radical (unpaired) electrons. The van der Waals surface area contributed by atoms with Crippen LogP contribution < -0.4 is 0 Å². The lowest BCUT2D eigenvalue weighted by Crippen LogP contribution is -2.15. The second-order valence-corrected chi connectivity index (χ2v) is 13.7. The van der Waals surface area contributed by atoms with Gasteiger partial charge in [0.15, 0.2) is 0 Å². The van der Waals surface area contributed by atoms with Crippen LogP contribution >= 0.6 is 54.5 Å². The molecule has 0 aliphatic rings. The molecule has 2 aromatic carbocycles. The number of hydrogen-bond donors (Lipinski definition) is 0. The molecule has 0 aliphatic carbocycles. The summed E-state index contributed by atoms with van der Waals surface area (Å²) in [5.74, 6) is 8.47. The van der Waals surface area contributed by atoms with Gasteiger partial charge in [0.25, 0.3) is 8.07 Å². The van der Waals surface area contributed by atoms with E-state index in [9.17, 15) is 0 Å². The molecule has 0 fully saturated rings. The van der Waals surface area contributed by atoms with Crippen LogP contribution in [-0.4, -0.2) is 8.07 Å². The van der Waals surface area contributed by atoms with Crippen LogP contribution in [0.3, 0.4) is 0 Å². The molecule has 0 saturated carbocycles. The summed E-state index contributed by atoms with van der Waals surface area (Å²) in [6.07, 6.45) is 0. The maximum Gasteiger partial charge on any atom is 0.253 e. The van der Waals surface area contributed by atoms with Crippen molar-refractivity contribution in [2.75, 3.05) is 0 Å². The maximum atomic E-state index is 3.44. The molecule has 2 rings (SSSR count). The van der Waals surface area contributed by atoms with Crippen LogP contribution in [0, 0.1) is 33.8 Å². The Morgan fingerprint density at radius 1 is 0.880 bits per heavy atom. The third-order valence-corrected chi connectivity index (χ3v) is 5.08. The van der Waals surface area contributed by atoms with Gasteiger partial charge in [-0.05, 0) is 97.7 Å². The van der Waals surface area contributed by atoms with Crippen molar-refractivity contribution in [1.29, 1.82) is 0 Å². The molecule has 0 N–H and O–H groups in total. The van der Waals surface area contributed by atoms with Crippen molar-refractivity contribution in [2.45, 2.75) is 26.6 Å². The molecule has 0 bridgehead atoms. The highest BCUT2D eigenvalue weighted by atomic mass is 127. The lowest BCUT2D eigenvalue weighted by Gasteiger charge is -1.91. The Kier molecular flexibility index (Phi) is 13.2. The molecule has 0 atom stereocenters. The minimum absolute atomic E-state index is 1.06. The Hall–Kier alpha value is -0.663. The first-order valence-electron chi connectivity index (χ1n) is 7.56. The summed E-state index contributed by atoms with van der Waals surface area (Å²) in [7, 11) is -1.08. The Balaban J connectivity index is 0.000000353. The van der Waals surface area contributed by atoms with Crippen LogP contribution in [0.2, 0.25) is 19.6 Å². The van der Waals surface area contributed by atoms with Crippen molar-refractivity contribution in [2.24, 2.45) is 0 Å². The summed E-state index contributed by atoms with van der Waals surface area (Å²) in [5.41, 5.74) is 4.12. The van der Waals surface area contributed by atoms with Crippen LogP contribution in [0.15, 0.2) is 57.5 Å². The van der Waals surface area contributed by atoms with Crippen molar-refractivity contribution < 1.29 is 0 Å². The maximum absolute atomic E-state index is 3.44. The van der Waals surface area contributed by atoms with Crippen molar-refractivity contribution in [3.8, 4) is 23.3 Å². The summed E-state index contributed by atoms with van der Waals surface area (Å²) in [6.45, 7) is 11.9. The van der Waals surface area contributed by atoms with Crippen molar-refractivity contribution >= 4 is 62.5 Å². The molecule has 0 amide bonds. The predicted molar refractivity (Wildman–Crippen MR) is 130 cm³/mol. The number of rotatable bonds is 0. The van der Waals surface area contributed by atoms with Gasteiger partial charge in [-0.1, -0.05) is 37.8 Å². The van der Waals surface area contributed by atoms with E-state index < -0.39 is 8.07 Å². The van der Waals surface area contributed by atoms with Gasteiger partial charge in [-0.25, -0.2) is 0 Å². The topological polar surface area (TPSA) is 0 Å². The normalized spacial score (nSPS) is 8.92. The van der Waals surface area contributed by atoms with Gasteiger partial charge in [0.05, 0.1) is 12.5 Å². The molecular weight excluding hydrogens is 567 g/mol. The van der Waals surface area contributed by atoms with Crippen molar-refractivity contribution in [3.63, 3.8) is 0 Å². The van der Waals surface area contributed by atoms with Crippen molar-refractivity contribution in [1.82, 2.24) is 0 Å². The van der Waals surface area contributed by atoms with Gasteiger partial charge in [-0.3, -0.25) is 0 Å². The first-order valence-corrected chi connectivity index (χ1v) is 13.7. The smallest absolute Gasteiger partial charge is 0.101 e.